The van der Waals surface area contributed by atoms with Crippen molar-refractivity contribution in [2.45, 2.75) is 78.4 Å². The van der Waals surface area contributed by atoms with Crippen molar-refractivity contribution in [3.63, 3.8) is 0 Å². The predicted octanol–water partition coefficient (Wildman–Crippen LogP) is 7.47. The van der Waals surface area contributed by atoms with E-state index in [-0.39, 0.29) is 5.78 Å². The molecule has 0 atom stereocenters. The van der Waals surface area contributed by atoms with E-state index in [9.17, 15) is 22.8 Å². The number of aryl methyl sites for hydroxylation is 2. The molecule has 2 aliphatic heterocycles. The molecule has 0 bridgehead atoms. The predicted molar refractivity (Wildman–Crippen MR) is 164 cm³/mol. The van der Waals surface area contributed by atoms with E-state index in [1.54, 1.807) is 6.92 Å². The third-order valence-electron chi connectivity index (χ3n) is 7.87. The fraction of sp³-hybridized carbons (Fsp3) is 0.500. The molecule has 234 valence electrons. The SMILES string of the molecule is CC(=O)CCc1ccccc1.Cc1[nH]c(-c2ccc(C(F)(F)F)cc2)nc1CN1CCC(C)CC1.O=CN1CCCCC1. The van der Waals surface area contributed by atoms with Gasteiger partial charge in [0.1, 0.15) is 11.6 Å². The molecular weight excluding hydrogens is 553 g/mol. The monoisotopic (exact) mass is 598 g/mol. The van der Waals surface area contributed by atoms with Gasteiger partial charge in [-0.05, 0) is 89.1 Å². The second kappa shape index (κ2) is 17.0. The normalized spacial score (nSPS) is 16.0. The van der Waals surface area contributed by atoms with Gasteiger partial charge in [0.2, 0.25) is 6.41 Å². The fourth-order valence-electron chi connectivity index (χ4n) is 5.03. The van der Waals surface area contributed by atoms with Gasteiger partial charge in [-0.2, -0.15) is 13.2 Å². The highest BCUT2D eigenvalue weighted by atomic mass is 19.4. The number of Topliss-reactive ketones (excluding diaryl/α,β-unsaturated/α-hetero) is 1. The summed E-state index contributed by atoms with van der Waals surface area (Å²) >= 11 is 0. The van der Waals surface area contributed by atoms with Crippen molar-refractivity contribution in [2.75, 3.05) is 26.2 Å². The number of hydrogen-bond acceptors (Lipinski definition) is 4. The molecule has 2 fully saturated rings. The Morgan fingerprint density at radius 3 is 2.14 bits per heavy atom. The van der Waals surface area contributed by atoms with Gasteiger partial charge in [0, 0.05) is 37.3 Å². The average molecular weight is 599 g/mol. The number of carbonyl (C=O) groups is 2. The van der Waals surface area contributed by atoms with Crippen LogP contribution < -0.4 is 0 Å². The van der Waals surface area contributed by atoms with Crippen LogP contribution in [0.3, 0.4) is 0 Å². The largest absolute Gasteiger partial charge is 0.416 e. The molecule has 9 heteroatoms. The summed E-state index contributed by atoms with van der Waals surface area (Å²) in [6.07, 6.45) is 4.25. The molecule has 1 N–H and O–H groups in total. The smallest absolute Gasteiger partial charge is 0.345 e. The van der Waals surface area contributed by atoms with E-state index in [1.165, 1.54) is 49.8 Å². The molecule has 43 heavy (non-hydrogen) atoms. The minimum Gasteiger partial charge on any atom is -0.345 e. The van der Waals surface area contributed by atoms with Crippen LogP contribution in [0, 0.1) is 12.8 Å². The van der Waals surface area contributed by atoms with Crippen molar-refractivity contribution in [2.24, 2.45) is 5.92 Å². The van der Waals surface area contributed by atoms with Gasteiger partial charge in [-0.25, -0.2) is 4.98 Å². The molecule has 1 amide bonds. The van der Waals surface area contributed by atoms with Crippen LogP contribution in [0.4, 0.5) is 13.2 Å². The van der Waals surface area contributed by atoms with Crippen LogP contribution in [0.25, 0.3) is 11.4 Å². The van der Waals surface area contributed by atoms with Gasteiger partial charge in [0.15, 0.2) is 0 Å². The number of nitrogens with zero attached hydrogens (tertiary/aromatic N) is 3. The molecule has 2 saturated heterocycles. The number of rotatable bonds is 7. The minimum absolute atomic E-state index is 0.258. The Balaban J connectivity index is 0.000000218. The van der Waals surface area contributed by atoms with Gasteiger partial charge >= 0.3 is 6.18 Å². The highest BCUT2D eigenvalue weighted by Crippen LogP contribution is 2.31. The first-order valence-corrected chi connectivity index (χ1v) is 15.2. The summed E-state index contributed by atoms with van der Waals surface area (Å²) in [6, 6.07) is 15.2. The van der Waals surface area contributed by atoms with E-state index in [0.717, 1.165) is 75.0 Å². The molecule has 0 saturated carbocycles. The number of ketones is 1. The van der Waals surface area contributed by atoms with Crippen LogP contribution in [0.2, 0.25) is 0 Å². The van der Waals surface area contributed by atoms with Crippen LogP contribution in [-0.4, -0.2) is 58.1 Å². The van der Waals surface area contributed by atoms with Crippen LogP contribution in [0.15, 0.2) is 54.6 Å². The van der Waals surface area contributed by atoms with Crippen molar-refractivity contribution in [1.29, 1.82) is 0 Å². The van der Waals surface area contributed by atoms with E-state index >= 15 is 0 Å². The Hall–Kier alpha value is -3.46. The standard InChI is InChI=1S/C18H22F3N3.C10H12O.C6H11NO/c1-12-7-9-24(10-8-12)11-16-13(2)22-17(23-16)14-3-5-15(6-4-14)18(19,20)21;1-9(11)7-8-10-5-3-2-4-6-10;8-6-7-4-2-1-3-5-7/h3-6,12H,7-11H2,1-2H3,(H,22,23);2-6H,7-8H2,1H3;6H,1-5H2. The number of imidazole rings is 1. The first-order valence-electron chi connectivity index (χ1n) is 15.2. The number of alkyl halides is 3. The molecule has 3 aromatic rings. The Labute approximate surface area is 253 Å². The van der Waals surface area contributed by atoms with Crippen molar-refractivity contribution < 1.29 is 22.8 Å². The number of carbonyl (C=O) groups excluding carboxylic acids is 2. The number of benzene rings is 2. The Morgan fingerprint density at radius 2 is 1.60 bits per heavy atom. The highest BCUT2D eigenvalue weighted by Gasteiger charge is 2.30. The van der Waals surface area contributed by atoms with Crippen LogP contribution in [0.5, 0.6) is 0 Å². The quantitative estimate of drug-likeness (QED) is 0.287. The minimum atomic E-state index is -4.31. The lowest BCUT2D eigenvalue weighted by Gasteiger charge is -2.29. The lowest BCUT2D eigenvalue weighted by Crippen LogP contribution is -2.32. The topological polar surface area (TPSA) is 69.3 Å². The van der Waals surface area contributed by atoms with E-state index < -0.39 is 11.7 Å². The maximum Gasteiger partial charge on any atom is 0.416 e. The number of hydrogen-bond donors (Lipinski definition) is 1. The summed E-state index contributed by atoms with van der Waals surface area (Å²) in [6.45, 7) is 10.8. The van der Waals surface area contributed by atoms with Gasteiger partial charge in [-0.1, -0.05) is 49.4 Å². The van der Waals surface area contributed by atoms with Gasteiger partial charge in [0.05, 0.1) is 11.3 Å². The zero-order valence-electron chi connectivity index (χ0n) is 25.6. The second-order valence-corrected chi connectivity index (χ2v) is 11.6. The second-order valence-electron chi connectivity index (χ2n) is 11.6. The Morgan fingerprint density at radius 1 is 0.977 bits per heavy atom. The van der Waals surface area contributed by atoms with Gasteiger partial charge in [0.25, 0.3) is 0 Å². The maximum atomic E-state index is 12.6. The molecular formula is C34H45F3N4O2. The molecule has 5 rings (SSSR count). The van der Waals surface area contributed by atoms with Gasteiger partial charge < -0.3 is 14.7 Å². The van der Waals surface area contributed by atoms with Crippen LogP contribution in [0.1, 0.15) is 74.9 Å². The van der Waals surface area contributed by atoms with E-state index in [0.29, 0.717) is 17.8 Å². The van der Waals surface area contributed by atoms with E-state index in [2.05, 4.69) is 21.8 Å². The highest BCUT2D eigenvalue weighted by molar-refractivity contribution is 5.75. The Bertz CT molecular complexity index is 1240. The van der Waals surface area contributed by atoms with Crippen LogP contribution >= 0.6 is 0 Å². The molecule has 2 aromatic carbocycles. The molecule has 0 radical (unpaired) electrons. The Kier molecular flexibility index (Phi) is 13.4. The number of H-pyrrole nitrogens is 1. The fourth-order valence-corrected chi connectivity index (χ4v) is 5.03. The number of aromatic amines is 1. The van der Waals surface area contributed by atoms with E-state index in [4.69, 9.17) is 0 Å². The number of halogens is 3. The molecule has 1 aromatic heterocycles. The average Bonchev–Trinajstić information content (AvgIpc) is 3.38. The first kappa shape index (κ1) is 34.0. The van der Waals surface area contributed by atoms with Gasteiger partial charge in [-0.15, -0.1) is 0 Å². The summed E-state index contributed by atoms with van der Waals surface area (Å²) in [5.41, 5.74) is 3.22. The summed E-state index contributed by atoms with van der Waals surface area (Å²) in [4.78, 5) is 32.7. The summed E-state index contributed by atoms with van der Waals surface area (Å²) in [5, 5.41) is 0. The van der Waals surface area contributed by atoms with Crippen molar-refractivity contribution >= 4 is 12.2 Å². The lowest BCUT2D eigenvalue weighted by molar-refractivity contribution is -0.137. The number of aromatic nitrogens is 2. The molecule has 3 heterocycles. The molecule has 2 aliphatic rings. The molecule has 6 nitrogen and oxygen atoms in total. The maximum absolute atomic E-state index is 12.6. The third-order valence-corrected chi connectivity index (χ3v) is 7.87. The summed E-state index contributed by atoms with van der Waals surface area (Å²) < 4.78 is 37.9. The zero-order chi connectivity index (χ0) is 31.2. The number of amides is 1. The molecule has 0 unspecified atom stereocenters. The van der Waals surface area contributed by atoms with Crippen molar-refractivity contribution in [3.8, 4) is 11.4 Å². The van der Waals surface area contributed by atoms with Crippen molar-refractivity contribution in [3.05, 3.63) is 77.1 Å². The van der Waals surface area contributed by atoms with E-state index in [1.807, 2.05) is 42.2 Å². The summed E-state index contributed by atoms with van der Waals surface area (Å²) in [7, 11) is 0. The number of nitrogens with one attached hydrogen (secondary N) is 1. The lowest BCUT2D eigenvalue weighted by atomic mass is 9.99. The molecule has 0 aliphatic carbocycles. The zero-order valence-corrected chi connectivity index (χ0v) is 25.6. The summed E-state index contributed by atoms with van der Waals surface area (Å²) in [5.74, 6) is 1.67. The van der Waals surface area contributed by atoms with Crippen LogP contribution in [-0.2, 0) is 28.7 Å². The van der Waals surface area contributed by atoms with Crippen molar-refractivity contribution in [1.82, 2.24) is 19.8 Å². The number of likely N-dealkylation sites (tertiary alicyclic amines) is 2. The molecule has 0 spiro atoms. The first-order chi connectivity index (χ1) is 20.5. The van der Waals surface area contributed by atoms with Gasteiger partial charge in [-0.3, -0.25) is 9.69 Å². The third kappa shape index (κ3) is 12.0. The number of piperidine rings is 2.